The number of ether oxygens (including phenoxy) is 2. The zero-order valence-electron chi connectivity index (χ0n) is 9.37. The lowest BCUT2D eigenvalue weighted by Gasteiger charge is -2.24. The largest absolute Gasteiger partial charge is 0.485 e. The molecular weight excluding hydrogens is 268 g/mol. The lowest BCUT2D eigenvalue weighted by atomic mass is 10.3. The lowest BCUT2D eigenvalue weighted by molar-refractivity contribution is -0.119. The van der Waals surface area contributed by atoms with Crippen LogP contribution in [0.2, 0.25) is 0 Å². The number of benzene rings is 1. The van der Waals surface area contributed by atoms with Gasteiger partial charge in [0.2, 0.25) is 11.2 Å². The first-order chi connectivity index (χ1) is 8.83. The zero-order valence-corrected chi connectivity index (χ0v) is 11.0. The van der Waals surface area contributed by atoms with E-state index in [1.165, 1.54) is 11.8 Å². The summed E-state index contributed by atoms with van der Waals surface area (Å²) in [6, 6.07) is 11.2. The molecule has 0 spiro atoms. The van der Waals surface area contributed by atoms with Crippen molar-refractivity contribution >= 4 is 28.2 Å². The number of carbonyl (C=O) groups is 1. The van der Waals surface area contributed by atoms with Gasteiger partial charge in [-0.3, -0.25) is 4.79 Å². The van der Waals surface area contributed by atoms with Crippen LogP contribution >= 0.6 is 23.1 Å². The second kappa shape index (κ2) is 5.04. The van der Waals surface area contributed by atoms with E-state index in [9.17, 15) is 4.79 Å². The van der Waals surface area contributed by atoms with E-state index in [1.807, 2.05) is 41.8 Å². The first-order valence-electron chi connectivity index (χ1n) is 5.46. The van der Waals surface area contributed by atoms with E-state index >= 15 is 0 Å². The highest BCUT2D eigenvalue weighted by Gasteiger charge is 2.27. The summed E-state index contributed by atoms with van der Waals surface area (Å²) in [5.74, 6) is 1.33. The molecule has 1 aromatic heterocycles. The Hall–Kier alpha value is -1.46. The molecule has 1 aromatic carbocycles. The number of thiophene rings is 1. The molecule has 5 heteroatoms. The van der Waals surface area contributed by atoms with E-state index in [1.54, 1.807) is 11.3 Å². The van der Waals surface area contributed by atoms with Crippen molar-refractivity contribution < 1.29 is 14.3 Å². The second-order valence-electron chi connectivity index (χ2n) is 3.72. The summed E-state index contributed by atoms with van der Waals surface area (Å²) < 4.78 is 12.1. The number of fused-ring (bicyclic) bond motifs is 1. The van der Waals surface area contributed by atoms with E-state index in [2.05, 4.69) is 0 Å². The van der Waals surface area contributed by atoms with Gasteiger partial charge in [0, 0.05) is 0 Å². The van der Waals surface area contributed by atoms with E-state index in [0.29, 0.717) is 11.5 Å². The second-order valence-corrected chi connectivity index (χ2v) is 5.97. The standard InChI is InChI=1S/C13H10O3S2/c14-13(18-12-6-3-7-17-12)11-8-15-9-4-1-2-5-10(9)16-11/h1-7,11H,8H2/t11-/m1/s1. The molecule has 3 nitrogen and oxygen atoms in total. The van der Waals surface area contributed by atoms with Gasteiger partial charge in [-0.15, -0.1) is 11.3 Å². The van der Waals surface area contributed by atoms with Crippen molar-refractivity contribution in [3.8, 4) is 11.5 Å². The van der Waals surface area contributed by atoms with Crippen LogP contribution in [-0.2, 0) is 4.79 Å². The Balaban J connectivity index is 1.70. The van der Waals surface area contributed by atoms with Gasteiger partial charge in [-0.2, -0.15) is 0 Å². The molecule has 3 rings (SSSR count). The van der Waals surface area contributed by atoms with E-state index in [-0.39, 0.29) is 11.7 Å². The molecule has 1 atom stereocenters. The smallest absolute Gasteiger partial charge is 0.238 e. The van der Waals surface area contributed by atoms with Crippen LogP contribution in [0.4, 0.5) is 0 Å². The lowest BCUT2D eigenvalue weighted by Crippen LogP contribution is -2.34. The molecular formula is C13H10O3S2. The normalized spacial score (nSPS) is 17.4. The SMILES string of the molecule is O=C(Sc1cccs1)[C@H]1COc2ccccc2O1. The topological polar surface area (TPSA) is 35.5 Å². The van der Waals surface area contributed by atoms with Gasteiger partial charge in [0.1, 0.15) is 6.61 Å². The maximum Gasteiger partial charge on any atom is 0.238 e. The van der Waals surface area contributed by atoms with Crippen molar-refractivity contribution in [2.24, 2.45) is 0 Å². The van der Waals surface area contributed by atoms with Crippen LogP contribution < -0.4 is 9.47 Å². The predicted molar refractivity (Wildman–Crippen MR) is 71.5 cm³/mol. The highest BCUT2D eigenvalue weighted by atomic mass is 32.2. The first-order valence-corrected chi connectivity index (χ1v) is 7.16. The van der Waals surface area contributed by atoms with Crippen LogP contribution in [-0.4, -0.2) is 17.8 Å². The highest BCUT2D eigenvalue weighted by molar-refractivity contribution is 8.15. The van der Waals surface area contributed by atoms with Gasteiger partial charge < -0.3 is 9.47 Å². The molecule has 1 aliphatic rings. The van der Waals surface area contributed by atoms with Gasteiger partial charge in [0.05, 0.1) is 4.21 Å². The average molecular weight is 278 g/mol. The molecule has 0 saturated carbocycles. The van der Waals surface area contributed by atoms with Crippen LogP contribution in [0.5, 0.6) is 11.5 Å². The molecule has 0 unspecified atom stereocenters. The summed E-state index contributed by atoms with van der Waals surface area (Å²) in [6.45, 7) is 0.272. The third-order valence-electron chi connectivity index (χ3n) is 2.47. The maximum absolute atomic E-state index is 12.0. The summed E-state index contributed by atoms with van der Waals surface area (Å²) in [4.78, 5) is 12.0. The summed E-state index contributed by atoms with van der Waals surface area (Å²) in [5.41, 5.74) is 0. The van der Waals surface area contributed by atoms with Crippen molar-refractivity contribution in [1.29, 1.82) is 0 Å². The van der Waals surface area contributed by atoms with Crippen LogP contribution in [0.3, 0.4) is 0 Å². The molecule has 0 N–H and O–H groups in total. The van der Waals surface area contributed by atoms with Crippen LogP contribution in [0.25, 0.3) is 0 Å². The summed E-state index contributed by atoms with van der Waals surface area (Å²) in [5, 5.41) is 1.93. The number of para-hydroxylation sites is 2. The Morgan fingerprint density at radius 3 is 2.83 bits per heavy atom. The van der Waals surface area contributed by atoms with Gasteiger partial charge in [-0.05, 0) is 35.3 Å². The number of carbonyl (C=O) groups excluding carboxylic acids is 1. The van der Waals surface area contributed by atoms with Gasteiger partial charge in [0.25, 0.3) is 0 Å². The molecule has 0 fully saturated rings. The first kappa shape index (κ1) is 11.6. The highest BCUT2D eigenvalue weighted by Crippen LogP contribution is 2.33. The minimum atomic E-state index is -0.535. The minimum absolute atomic E-state index is 0.0213. The van der Waals surface area contributed by atoms with Gasteiger partial charge in [0.15, 0.2) is 11.5 Å². The van der Waals surface area contributed by atoms with Gasteiger partial charge in [-0.1, -0.05) is 18.2 Å². The zero-order chi connectivity index (χ0) is 12.4. The van der Waals surface area contributed by atoms with Crippen LogP contribution in [0.1, 0.15) is 0 Å². The average Bonchev–Trinajstić information content (AvgIpc) is 2.91. The van der Waals surface area contributed by atoms with E-state index in [0.717, 1.165) is 4.21 Å². The van der Waals surface area contributed by atoms with Crippen molar-refractivity contribution in [1.82, 2.24) is 0 Å². The van der Waals surface area contributed by atoms with E-state index in [4.69, 9.17) is 9.47 Å². The fraction of sp³-hybridized carbons (Fsp3) is 0.154. The third kappa shape index (κ3) is 2.37. The molecule has 18 heavy (non-hydrogen) atoms. The number of rotatable bonds is 2. The van der Waals surface area contributed by atoms with Crippen molar-refractivity contribution in [2.75, 3.05) is 6.61 Å². The molecule has 0 amide bonds. The van der Waals surface area contributed by atoms with Crippen molar-refractivity contribution in [3.63, 3.8) is 0 Å². The number of hydrogen-bond donors (Lipinski definition) is 0. The molecule has 0 bridgehead atoms. The fourth-order valence-corrected chi connectivity index (χ4v) is 3.27. The summed E-state index contributed by atoms with van der Waals surface area (Å²) in [6.07, 6.45) is -0.535. The Kier molecular flexibility index (Phi) is 3.25. The van der Waals surface area contributed by atoms with E-state index < -0.39 is 6.10 Å². The van der Waals surface area contributed by atoms with Crippen LogP contribution in [0, 0.1) is 0 Å². The Morgan fingerprint density at radius 2 is 2.06 bits per heavy atom. The Bertz CT molecular complexity index is 551. The van der Waals surface area contributed by atoms with Gasteiger partial charge in [-0.25, -0.2) is 0 Å². The molecule has 0 radical (unpaired) electrons. The van der Waals surface area contributed by atoms with Crippen molar-refractivity contribution in [2.45, 2.75) is 10.3 Å². The predicted octanol–water partition coefficient (Wildman–Crippen LogP) is 3.21. The minimum Gasteiger partial charge on any atom is -0.485 e. The maximum atomic E-state index is 12.0. The molecule has 2 aromatic rings. The molecule has 0 aliphatic carbocycles. The van der Waals surface area contributed by atoms with Crippen molar-refractivity contribution in [3.05, 3.63) is 41.8 Å². The third-order valence-corrected chi connectivity index (χ3v) is 4.47. The Morgan fingerprint density at radius 1 is 1.22 bits per heavy atom. The fourth-order valence-electron chi connectivity index (χ4n) is 1.62. The number of hydrogen-bond acceptors (Lipinski definition) is 5. The summed E-state index contributed by atoms with van der Waals surface area (Å²) in [7, 11) is 0. The molecule has 92 valence electrons. The van der Waals surface area contributed by atoms with Gasteiger partial charge >= 0.3 is 0 Å². The number of thioether (sulfide) groups is 1. The Labute approximate surface area is 113 Å². The molecule has 0 saturated heterocycles. The van der Waals surface area contributed by atoms with Crippen LogP contribution in [0.15, 0.2) is 46.0 Å². The molecule has 2 heterocycles. The summed E-state index contributed by atoms with van der Waals surface area (Å²) >= 11 is 2.75. The molecule has 1 aliphatic heterocycles. The quantitative estimate of drug-likeness (QED) is 0.790. The monoisotopic (exact) mass is 278 g/mol.